The second-order valence-corrected chi connectivity index (χ2v) is 5.79. The molecule has 0 aliphatic rings. The largest absolute Gasteiger partial charge is 0.465 e. The molecule has 1 heterocycles. The van der Waals surface area contributed by atoms with Gasteiger partial charge in [0.1, 0.15) is 5.03 Å². The van der Waals surface area contributed by atoms with Gasteiger partial charge in [-0.25, -0.2) is 9.78 Å². The molecule has 0 spiro atoms. The number of esters is 1. The van der Waals surface area contributed by atoms with Crippen LogP contribution in [0.3, 0.4) is 0 Å². The van der Waals surface area contributed by atoms with Crippen molar-refractivity contribution in [3.63, 3.8) is 0 Å². The zero-order valence-electron chi connectivity index (χ0n) is 11.8. The molecule has 0 N–H and O–H groups in total. The van der Waals surface area contributed by atoms with Crippen molar-refractivity contribution in [1.29, 1.82) is 0 Å². The predicted octanol–water partition coefficient (Wildman–Crippen LogP) is 4.14. The molecule has 1 aromatic heterocycles. The Labute approximate surface area is 123 Å². The van der Waals surface area contributed by atoms with E-state index in [0.29, 0.717) is 11.5 Å². The summed E-state index contributed by atoms with van der Waals surface area (Å²) in [6.45, 7) is 4.34. The van der Waals surface area contributed by atoms with Gasteiger partial charge in [0.15, 0.2) is 0 Å². The monoisotopic (exact) mass is 287 g/mol. The number of aromatic nitrogens is 1. The maximum Gasteiger partial charge on any atom is 0.337 e. The van der Waals surface area contributed by atoms with Gasteiger partial charge in [0.05, 0.1) is 12.7 Å². The van der Waals surface area contributed by atoms with Gasteiger partial charge in [-0.3, -0.25) is 0 Å². The smallest absolute Gasteiger partial charge is 0.337 e. The van der Waals surface area contributed by atoms with Crippen LogP contribution in [0.4, 0.5) is 0 Å². The molecule has 0 atom stereocenters. The molecule has 0 saturated carbocycles. The minimum absolute atomic E-state index is 0.343. The van der Waals surface area contributed by atoms with Crippen LogP contribution >= 0.6 is 11.8 Å². The summed E-state index contributed by atoms with van der Waals surface area (Å²) in [5, 5.41) is 0.783. The zero-order valence-corrected chi connectivity index (χ0v) is 12.6. The lowest BCUT2D eigenvalue weighted by atomic mass is 10.0. The van der Waals surface area contributed by atoms with E-state index in [1.807, 2.05) is 0 Å². The molecular formula is C16H17NO2S. The van der Waals surface area contributed by atoms with Crippen molar-refractivity contribution in [1.82, 2.24) is 4.98 Å². The van der Waals surface area contributed by atoms with Crippen LogP contribution < -0.4 is 0 Å². The third kappa shape index (κ3) is 3.61. The lowest BCUT2D eigenvalue weighted by Crippen LogP contribution is -2.01. The molecule has 2 aromatic rings. The van der Waals surface area contributed by atoms with Gasteiger partial charge in [-0.15, -0.1) is 0 Å². The fourth-order valence-electron chi connectivity index (χ4n) is 1.75. The van der Waals surface area contributed by atoms with Crippen LogP contribution in [0.25, 0.3) is 0 Å². The molecule has 0 amide bonds. The molecule has 1 aromatic carbocycles. The van der Waals surface area contributed by atoms with Gasteiger partial charge in [-0.1, -0.05) is 37.7 Å². The Morgan fingerprint density at radius 2 is 1.90 bits per heavy atom. The number of carbonyl (C=O) groups excluding carboxylic acids is 1. The van der Waals surface area contributed by atoms with E-state index in [9.17, 15) is 4.79 Å². The van der Waals surface area contributed by atoms with E-state index in [0.717, 1.165) is 9.92 Å². The number of methoxy groups -OCH3 is 1. The number of ether oxygens (including phenoxy) is 1. The summed E-state index contributed by atoms with van der Waals surface area (Å²) in [6.07, 6.45) is 1.62. The second-order valence-electron chi connectivity index (χ2n) is 4.70. The average Bonchev–Trinajstić information content (AvgIpc) is 2.47. The molecule has 4 heteroatoms. The first-order valence-corrected chi connectivity index (χ1v) is 7.24. The average molecular weight is 287 g/mol. The van der Waals surface area contributed by atoms with Gasteiger partial charge in [0.2, 0.25) is 0 Å². The second kappa shape index (κ2) is 6.57. The maximum atomic E-state index is 11.5. The maximum absolute atomic E-state index is 11.5. The third-order valence-electron chi connectivity index (χ3n) is 2.93. The van der Waals surface area contributed by atoms with Crippen molar-refractivity contribution in [2.45, 2.75) is 29.7 Å². The number of rotatable bonds is 4. The summed E-state index contributed by atoms with van der Waals surface area (Å²) >= 11 is 1.53. The van der Waals surface area contributed by atoms with E-state index in [4.69, 9.17) is 4.74 Å². The van der Waals surface area contributed by atoms with Crippen LogP contribution in [0.5, 0.6) is 0 Å². The standard InChI is InChI=1S/C16H17NO2S/c1-11(2)12-4-6-14(7-5-12)20-15-10-13(8-9-17-15)16(18)19-3/h4-11H,1-3H3. The fraction of sp³-hybridized carbons (Fsp3) is 0.250. The number of nitrogens with zero attached hydrogens (tertiary/aromatic N) is 1. The normalized spacial score (nSPS) is 10.6. The Hall–Kier alpha value is -1.81. The van der Waals surface area contributed by atoms with Crippen molar-refractivity contribution in [2.24, 2.45) is 0 Å². The summed E-state index contributed by atoms with van der Waals surface area (Å²) < 4.78 is 4.71. The van der Waals surface area contributed by atoms with Crippen LogP contribution in [-0.4, -0.2) is 18.1 Å². The Balaban J connectivity index is 2.15. The van der Waals surface area contributed by atoms with Crippen molar-refractivity contribution in [3.05, 3.63) is 53.7 Å². The molecule has 0 aliphatic heterocycles. The molecule has 3 nitrogen and oxygen atoms in total. The van der Waals surface area contributed by atoms with E-state index >= 15 is 0 Å². The molecule has 2 rings (SSSR count). The van der Waals surface area contributed by atoms with Crippen molar-refractivity contribution in [2.75, 3.05) is 7.11 Å². The van der Waals surface area contributed by atoms with Crippen LogP contribution in [-0.2, 0) is 4.74 Å². The van der Waals surface area contributed by atoms with Gasteiger partial charge in [-0.05, 0) is 35.7 Å². The summed E-state index contributed by atoms with van der Waals surface area (Å²) in [7, 11) is 1.38. The highest BCUT2D eigenvalue weighted by molar-refractivity contribution is 7.99. The summed E-state index contributed by atoms with van der Waals surface area (Å²) in [4.78, 5) is 16.8. The number of hydrogen-bond donors (Lipinski definition) is 0. The number of carbonyl (C=O) groups is 1. The van der Waals surface area contributed by atoms with E-state index in [-0.39, 0.29) is 5.97 Å². The minimum atomic E-state index is -0.343. The van der Waals surface area contributed by atoms with Gasteiger partial charge >= 0.3 is 5.97 Å². The Kier molecular flexibility index (Phi) is 4.79. The summed E-state index contributed by atoms with van der Waals surface area (Å²) in [6, 6.07) is 11.8. The number of pyridine rings is 1. The third-order valence-corrected chi connectivity index (χ3v) is 3.87. The lowest BCUT2D eigenvalue weighted by Gasteiger charge is -2.07. The number of hydrogen-bond acceptors (Lipinski definition) is 4. The van der Waals surface area contributed by atoms with Gasteiger partial charge in [0.25, 0.3) is 0 Å². The first kappa shape index (κ1) is 14.6. The highest BCUT2D eigenvalue weighted by Crippen LogP contribution is 2.28. The molecule has 0 bridgehead atoms. The van der Waals surface area contributed by atoms with Crippen molar-refractivity contribution >= 4 is 17.7 Å². The van der Waals surface area contributed by atoms with E-state index in [1.165, 1.54) is 24.4 Å². The molecule has 0 saturated heterocycles. The van der Waals surface area contributed by atoms with E-state index < -0.39 is 0 Å². The number of benzene rings is 1. The minimum Gasteiger partial charge on any atom is -0.465 e. The molecule has 0 radical (unpaired) electrons. The van der Waals surface area contributed by atoms with Crippen molar-refractivity contribution in [3.8, 4) is 0 Å². The first-order chi connectivity index (χ1) is 9.60. The van der Waals surface area contributed by atoms with E-state index in [2.05, 4.69) is 43.1 Å². The Morgan fingerprint density at radius 3 is 2.50 bits per heavy atom. The molecule has 0 aliphatic carbocycles. The summed E-state index contributed by atoms with van der Waals surface area (Å²) in [5.74, 6) is 0.180. The molecule has 104 valence electrons. The summed E-state index contributed by atoms with van der Waals surface area (Å²) in [5.41, 5.74) is 1.83. The zero-order chi connectivity index (χ0) is 14.5. The Bertz CT molecular complexity index is 594. The molecule has 20 heavy (non-hydrogen) atoms. The molecule has 0 unspecified atom stereocenters. The quantitative estimate of drug-likeness (QED) is 0.792. The van der Waals surface area contributed by atoms with Gasteiger partial charge in [0, 0.05) is 11.1 Å². The van der Waals surface area contributed by atoms with Crippen molar-refractivity contribution < 1.29 is 9.53 Å². The van der Waals surface area contributed by atoms with Crippen LogP contribution in [0.2, 0.25) is 0 Å². The highest BCUT2D eigenvalue weighted by Gasteiger charge is 2.07. The Morgan fingerprint density at radius 1 is 1.20 bits per heavy atom. The highest BCUT2D eigenvalue weighted by atomic mass is 32.2. The predicted molar refractivity (Wildman–Crippen MR) is 80.2 cm³/mol. The van der Waals surface area contributed by atoms with Crippen LogP contribution in [0, 0.1) is 0 Å². The van der Waals surface area contributed by atoms with Crippen LogP contribution in [0.1, 0.15) is 35.7 Å². The van der Waals surface area contributed by atoms with E-state index in [1.54, 1.807) is 18.3 Å². The molecule has 0 fully saturated rings. The fourth-order valence-corrected chi connectivity index (χ4v) is 2.56. The SMILES string of the molecule is COC(=O)c1ccnc(Sc2ccc(C(C)C)cc2)c1. The lowest BCUT2D eigenvalue weighted by molar-refractivity contribution is 0.0600. The van der Waals surface area contributed by atoms with Gasteiger partial charge in [-0.2, -0.15) is 0 Å². The van der Waals surface area contributed by atoms with Crippen LogP contribution in [0.15, 0.2) is 52.5 Å². The van der Waals surface area contributed by atoms with Gasteiger partial charge < -0.3 is 4.74 Å². The molecular weight excluding hydrogens is 270 g/mol. The first-order valence-electron chi connectivity index (χ1n) is 6.42. The topological polar surface area (TPSA) is 39.2 Å².